The number of amides is 2. The summed E-state index contributed by atoms with van der Waals surface area (Å²) in [5.41, 5.74) is 0.886. The molecule has 1 aromatic carbocycles. The minimum atomic E-state index is -0.488. The van der Waals surface area contributed by atoms with E-state index in [0.29, 0.717) is 30.3 Å². The van der Waals surface area contributed by atoms with Crippen LogP contribution in [0, 0.1) is 11.3 Å². The van der Waals surface area contributed by atoms with Gasteiger partial charge in [-0.25, -0.2) is 0 Å². The average Bonchev–Trinajstić information content (AvgIpc) is 3.25. The Balaban J connectivity index is 1.50. The van der Waals surface area contributed by atoms with E-state index in [1.807, 2.05) is 51.1 Å². The van der Waals surface area contributed by atoms with Gasteiger partial charge in [-0.1, -0.05) is 20.8 Å². The number of fused-ring (bicyclic) bond motifs is 1. The molecule has 0 unspecified atom stereocenters. The van der Waals surface area contributed by atoms with Crippen LogP contribution in [-0.4, -0.2) is 25.0 Å². The number of benzene rings is 1. The van der Waals surface area contributed by atoms with Gasteiger partial charge in [0.05, 0.1) is 18.5 Å². The van der Waals surface area contributed by atoms with Gasteiger partial charge in [0.15, 0.2) is 0 Å². The quantitative estimate of drug-likeness (QED) is 0.895. The number of ether oxygens (including phenoxy) is 1. The first-order valence-electron chi connectivity index (χ1n) is 9.27. The molecule has 6 heteroatoms. The van der Waals surface area contributed by atoms with Gasteiger partial charge in [0.1, 0.15) is 18.1 Å². The molecule has 27 heavy (non-hydrogen) atoms. The molecule has 2 amide bonds. The molecule has 1 N–H and O–H groups in total. The zero-order chi connectivity index (χ0) is 19.2. The molecule has 4 rings (SSSR count). The van der Waals surface area contributed by atoms with Crippen molar-refractivity contribution in [1.82, 2.24) is 0 Å². The van der Waals surface area contributed by atoms with Crippen LogP contribution in [0.1, 0.15) is 38.9 Å². The summed E-state index contributed by atoms with van der Waals surface area (Å²) in [5, 5.41) is 2.97. The Morgan fingerprint density at radius 2 is 2.04 bits per heavy atom. The fourth-order valence-electron chi connectivity index (χ4n) is 3.45. The monoisotopic (exact) mass is 368 g/mol. The maximum atomic E-state index is 12.8. The van der Waals surface area contributed by atoms with Crippen LogP contribution in [-0.2, 0) is 9.59 Å². The van der Waals surface area contributed by atoms with Crippen LogP contribution in [0.25, 0.3) is 0 Å². The Kier molecular flexibility index (Phi) is 4.21. The smallest absolute Gasteiger partial charge is 0.232 e. The third-order valence-electron chi connectivity index (χ3n) is 5.01. The normalized spacial score (nSPS) is 21.2. The molecular formula is C21H24N2O4. The molecular weight excluding hydrogens is 344 g/mol. The van der Waals surface area contributed by atoms with Crippen molar-refractivity contribution in [2.24, 2.45) is 11.3 Å². The lowest BCUT2D eigenvalue weighted by molar-refractivity contribution is -0.126. The van der Waals surface area contributed by atoms with Gasteiger partial charge in [-0.15, -0.1) is 0 Å². The standard InChI is InChI=1S/C21H24N2O4/c1-21(2,3)20(25)23-8-10-27-18-7-6-13(11-16(18)23)22-19(24)15-12-14(15)17-5-4-9-26-17/h4-7,9,11,14-15H,8,10,12H2,1-3H3,(H,22,24)/t14-,15-/m0/s1. The first-order valence-corrected chi connectivity index (χ1v) is 9.27. The zero-order valence-corrected chi connectivity index (χ0v) is 15.8. The van der Waals surface area contributed by atoms with Crippen molar-refractivity contribution in [2.75, 3.05) is 23.4 Å². The first-order chi connectivity index (χ1) is 12.8. The summed E-state index contributed by atoms with van der Waals surface area (Å²) in [6, 6.07) is 9.19. The Bertz CT molecular complexity index is 867. The lowest BCUT2D eigenvalue weighted by Gasteiger charge is -2.34. The molecule has 2 atom stereocenters. The Hall–Kier alpha value is -2.76. The highest BCUT2D eigenvalue weighted by atomic mass is 16.5. The van der Waals surface area contributed by atoms with Crippen LogP contribution < -0.4 is 15.0 Å². The molecule has 6 nitrogen and oxygen atoms in total. The van der Waals surface area contributed by atoms with Crippen molar-refractivity contribution in [3.05, 3.63) is 42.4 Å². The Morgan fingerprint density at radius 3 is 2.74 bits per heavy atom. The van der Waals surface area contributed by atoms with Gasteiger partial charge >= 0.3 is 0 Å². The van der Waals surface area contributed by atoms with E-state index in [0.717, 1.165) is 12.2 Å². The van der Waals surface area contributed by atoms with E-state index in [1.54, 1.807) is 11.2 Å². The molecule has 1 aromatic heterocycles. The minimum absolute atomic E-state index is 0.0261. The van der Waals surface area contributed by atoms with Crippen LogP contribution >= 0.6 is 0 Å². The van der Waals surface area contributed by atoms with Crippen molar-refractivity contribution in [3.63, 3.8) is 0 Å². The predicted molar refractivity (Wildman–Crippen MR) is 102 cm³/mol. The lowest BCUT2D eigenvalue weighted by atomic mass is 9.94. The Morgan fingerprint density at radius 1 is 1.22 bits per heavy atom. The molecule has 1 fully saturated rings. The van der Waals surface area contributed by atoms with Crippen molar-refractivity contribution >= 4 is 23.2 Å². The average molecular weight is 368 g/mol. The minimum Gasteiger partial charge on any atom is -0.490 e. The number of furan rings is 1. The molecule has 0 radical (unpaired) electrons. The number of carbonyl (C=O) groups is 2. The van der Waals surface area contributed by atoms with E-state index in [-0.39, 0.29) is 23.7 Å². The van der Waals surface area contributed by atoms with E-state index in [2.05, 4.69) is 5.32 Å². The van der Waals surface area contributed by atoms with E-state index in [9.17, 15) is 9.59 Å². The molecule has 2 aromatic rings. The summed E-state index contributed by atoms with van der Waals surface area (Å²) in [5.74, 6) is 1.61. The second-order valence-corrected chi connectivity index (χ2v) is 8.19. The number of anilines is 2. The second kappa shape index (κ2) is 6.44. The highest BCUT2D eigenvalue weighted by Crippen LogP contribution is 2.48. The summed E-state index contributed by atoms with van der Waals surface area (Å²) in [7, 11) is 0. The molecule has 0 spiro atoms. The van der Waals surface area contributed by atoms with Gasteiger partial charge in [0, 0.05) is 22.9 Å². The number of hydrogen-bond donors (Lipinski definition) is 1. The topological polar surface area (TPSA) is 71.8 Å². The third-order valence-corrected chi connectivity index (χ3v) is 5.01. The van der Waals surface area contributed by atoms with Gasteiger partial charge in [-0.2, -0.15) is 0 Å². The molecule has 2 aliphatic rings. The lowest BCUT2D eigenvalue weighted by Crippen LogP contribution is -2.44. The summed E-state index contributed by atoms with van der Waals surface area (Å²) in [4.78, 5) is 27.1. The third kappa shape index (κ3) is 3.44. The number of rotatable bonds is 3. The maximum absolute atomic E-state index is 12.8. The highest BCUT2D eigenvalue weighted by Gasteiger charge is 2.46. The van der Waals surface area contributed by atoms with Crippen molar-refractivity contribution in [3.8, 4) is 5.75 Å². The SMILES string of the molecule is CC(C)(C)C(=O)N1CCOc2ccc(NC(=O)[C@H]3C[C@@H]3c3ccco3)cc21. The van der Waals surface area contributed by atoms with Gasteiger partial charge in [-0.05, 0) is 36.8 Å². The van der Waals surface area contributed by atoms with Crippen LogP contribution in [0.5, 0.6) is 5.75 Å². The summed E-state index contributed by atoms with van der Waals surface area (Å²) >= 11 is 0. The van der Waals surface area contributed by atoms with Crippen LogP contribution in [0.3, 0.4) is 0 Å². The molecule has 1 aliphatic carbocycles. The predicted octanol–water partition coefficient (Wildman–Crippen LogP) is 3.79. The molecule has 0 saturated heterocycles. The Labute approximate surface area is 158 Å². The molecule has 2 heterocycles. The molecule has 142 valence electrons. The second-order valence-electron chi connectivity index (χ2n) is 8.19. The maximum Gasteiger partial charge on any atom is 0.232 e. The van der Waals surface area contributed by atoms with Crippen molar-refractivity contribution in [1.29, 1.82) is 0 Å². The van der Waals surface area contributed by atoms with E-state index in [1.165, 1.54) is 0 Å². The summed E-state index contributed by atoms with van der Waals surface area (Å²) in [6.45, 7) is 6.67. The largest absolute Gasteiger partial charge is 0.490 e. The van der Waals surface area contributed by atoms with E-state index >= 15 is 0 Å². The molecule has 1 saturated carbocycles. The van der Waals surface area contributed by atoms with Crippen molar-refractivity contribution in [2.45, 2.75) is 33.1 Å². The van der Waals surface area contributed by atoms with E-state index in [4.69, 9.17) is 9.15 Å². The molecule has 1 aliphatic heterocycles. The number of hydrogen-bond acceptors (Lipinski definition) is 4. The van der Waals surface area contributed by atoms with Gasteiger partial charge in [-0.3, -0.25) is 9.59 Å². The molecule has 0 bridgehead atoms. The summed E-state index contributed by atoms with van der Waals surface area (Å²) in [6.07, 6.45) is 2.43. The van der Waals surface area contributed by atoms with Crippen LogP contribution in [0.4, 0.5) is 11.4 Å². The fourth-order valence-corrected chi connectivity index (χ4v) is 3.45. The highest BCUT2D eigenvalue weighted by molar-refractivity contribution is 6.00. The summed E-state index contributed by atoms with van der Waals surface area (Å²) < 4.78 is 11.1. The number of carbonyl (C=O) groups excluding carboxylic acids is 2. The van der Waals surface area contributed by atoms with Crippen molar-refractivity contribution < 1.29 is 18.7 Å². The fraction of sp³-hybridized carbons (Fsp3) is 0.429. The number of nitrogens with one attached hydrogen (secondary N) is 1. The van der Waals surface area contributed by atoms with E-state index < -0.39 is 5.41 Å². The van der Waals surface area contributed by atoms with Crippen LogP contribution in [0.15, 0.2) is 41.0 Å². The number of nitrogens with zero attached hydrogens (tertiary/aromatic N) is 1. The van der Waals surface area contributed by atoms with Gasteiger partial charge < -0.3 is 19.4 Å². The van der Waals surface area contributed by atoms with Gasteiger partial charge in [0.2, 0.25) is 11.8 Å². The van der Waals surface area contributed by atoms with Gasteiger partial charge in [0.25, 0.3) is 0 Å². The van der Waals surface area contributed by atoms with Crippen LogP contribution in [0.2, 0.25) is 0 Å². The first kappa shape index (κ1) is 17.6. The zero-order valence-electron chi connectivity index (χ0n) is 15.8.